The van der Waals surface area contributed by atoms with Crippen molar-refractivity contribution in [1.29, 1.82) is 0 Å². The largest absolute Gasteiger partial charge is 0.352 e. The lowest BCUT2D eigenvalue weighted by Gasteiger charge is -2.15. The van der Waals surface area contributed by atoms with Crippen LogP contribution in [-0.4, -0.2) is 39.9 Å². The summed E-state index contributed by atoms with van der Waals surface area (Å²) in [5, 5.41) is 11.2. The average molecular weight is 363 g/mol. The van der Waals surface area contributed by atoms with Crippen molar-refractivity contribution in [1.82, 2.24) is 20.3 Å². The maximum Gasteiger partial charge on any atom is 0.251 e. The molecule has 1 N–H and O–H groups in total. The van der Waals surface area contributed by atoms with Gasteiger partial charge in [0.2, 0.25) is 5.91 Å². The maximum atomic E-state index is 12.3. The fraction of sp³-hybridized carbons (Fsp3) is 0.300. The van der Waals surface area contributed by atoms with Crippen LogP contribution >= 0.6 is 0 Å². The molecule has 27 heavy (non-hydrogen) atoms. The molecule has 7 heteroatoms. The molecule has 4 rings (SSSR count). The van der Waals surface area contributed by atoms with Crippen molar-refractivity contribution in [2.24, 2.45) is 0 Å². The first-order chi connectivity index (χ1) is 13.2. The Hall–Kier alpha value is -3.22. The molecular formula is C20H21N5O2. The molecule has 0 saturated carbocycles. The molecule has 7 nitrogen and oxygen atoms in total. The molecule has 0 spiro atoms. The monoisotopic (exact) mass is 363 g/mol. The summed E-state index contributed by atoms with van der Waals surface area (Å²) < 4.78 is 1.85. The topological polar surface area (TPSA) is 80.1 Å². The third-order valence-corrected chi connectivity index (χ3v) is 4.77. The van der Waals surface area contributed by atoms with Gasteiger partial charge in [-0.15, -0.1) is 5.10 Å². The van der Waals surface area contributed by atoms with Crippen LogP contribution < -0.4 is 10.2 Å². The molecule has 138 valence electrons. The number of anilines is 1. The Labute approximate surface area is 157 Å². The molecule has 0 atom stereocenters. The Balaban J connectivity index is 1.28. The average Bonchev–Trinajstić information content (AvgIpc) is 3.31. The molecule has 1 aliphatic heterocycles. The van der Waals surface area contributed by atoms with E-state index >= 15 is 0 Å². The summed E-state index contributed by atoms with van der Waals surface area (Å²) >= 11 is 0. The minimum absolute atomic E-state index is 0.113. The van der Waals surface area contributed by atoms with Crippen molar-refractivity contribution in [3.05, 3.63) is 54.1 Å². The number of hydrogen-bond acceptors (Lipinski definition) is 4. The summed E-state index contributed by atoms with van der Waals surface area (Å²) in [7, 11) is 0. The van der Waals surface area contributed by atoms with E-state index in [0.717, 1.165) is 36.1 Å². The normalized spacial score (nSPS) is 14.1. The number of nitrogens with one attached hydrogen (secondary N) is 1. The van der Waals surface area contributed by atoms with Crippen LogP contribution in [0.1, 0.15) is 29.6 Å². The number of rotatable bonds is 6. The molecule has 2 amide bonds. The number of amides is 2. The Kier molecular flexibility index (Phi) is 4.82. The lowest BCUT2D eigenvalue weighted by Crippen LogP contribution is -2.26. The molecule has 0 aliphatic carbocycles. The van der Waals surface area contributed by atoms with Gasteiger partial charge < -0.3 is 10.2 Å². The minimum Gasteiger partial charge on any atom is -0.352 e. The Bertz CT molecular complexity index is 964. The van der Waals surface area contributed by atoms with Crippen LogP contribution in [0.4, 0.5) is 5.69 Å². The van der Waals surface area contributed by atoms with Gasteiger partial charge in [0.1, 0.15) is 5.52 Å². The number of carbonyl (C=O) groups is 2. The summed E-state index contributed by atoms with van der Waals surface area (Å²) in [6.45, 7) is 2.00. The van der Waals surface area contributed by atoms with Crippen molar-refractivity contribution in [3.63, 3.8) is 0 Å². The van der Waals surface area contributed by atoms with Crippen LogP contribution in [0.15, 0.2) is 48.5 Å². The van der Waals surface area contributed by atoms with Crippen LogP contribution in [-0.2, 0) is 11.3 Å². The van der Waals surface area contributed by atoms with Gasteiger partial charge in [0.05, 0.1) is 5.52 Å². The highest BCUT2D eigenvalue weighted by molar-refractivity contribution is 5.97. The van der Waals surface area contributed by atoms with Gasteiger partial charge in [-0.25, -0.2) is 4.68 Å². The van der Waals surface area contributed by atoms with E-state index in [1.54, 1.807) is 17.0 Å². The van der Waals surface area contributed by atoms with Gasteiger partial charge in [-0.3, -0.25) is 9.59 Å². The summed E-state index contributed by atoms with van der Waals surface area (Å²) in [6.07, 6.45) is 2.25. The van der Waals surface area contributed by atoms with Crippen LogP contribution in [0, 0.1) is 0 Å². The van der Waals surface area contributed by atoms with E-state index in [2.05, 4.69) is 15.6 Å². The zero-order valence-electron chi connectivity index (χ0n) is 15.0. The van der Waals surface area contributed by atoms with E-state index in [1.165, 1.54) is 0 Å². The number of benzene rings is 2. The number of nitrogens with zero attached hydrogens (tertiary/aromatic N) is 4. The first-order valence-electron chi connectivity index (χ1n) is 9.19. The third-order valence-electron chi connectivity index (χ3n) is 4.77. The van der Waals surface area contributed by atoms with Gasteiger partial charge in [0, 0.05) is 37.3 Å². The molecule has 1 fully saturated rings. The van der Waals surface area contributed by atoms with Crippen molar-refractivity contribution >= 4 is 28.5 Å². The lowest BCUT2D eigenvalue weighted by molar-refractivity contribution is -0.117. The standard InChI is InChI=1S/C20H21N5O2/c26-19-7-3-13-24(19)16-10-8-15(9-11-16)20(27)21-12-4-14-25-18-6-2-1-5-17(18)22-23-25/h1-2,5-6,8-11H,3-4,7,12-14H2,(H,21,27). The fourth-order valence-electron chi connectivity index (χ4n) is 3.33. The highest BCUT2D eigenvalue weighted by Gasteiger charge is 2.21. The number of carbonyl (C=O) groups excluding carboxylic acids is 2. The molecule has 0 unspecified atom stereocenters. The molecule has 2 aromatic carbocycles. The van der Waals surface area contributed by atoms with Crippen LogP contribution in [0.2, 0.25) is 0 Å². The van der Waals surface area contributed by atoms with E-state index in [-0.39, 0.29) is 11.8 Å². The van der Waals surface area contributed by atoms with Crippen molar-refractivity contribution in [2.45, 2.75) is 25.8 Å². The van der Waals surface area contributed by atoms with E-state index in [0.29, 0.717) is 25.1 Å². The van der Waals surface area contributed by atoms with E-state index in [1.807, 2.05) is 41.1 Å². The molecule has 1 saturated heterocycles. The molecule has 0 bridgehead atoms. The van der Waals surface area contributed by atoms with E-state index in [4.69, 9.17) is 0 Å². The van der Waals surface area contributed by atoms with Crippen LogP contribution in [0.25, 0.3) is 11.0 Å². The number of hydrogen-bond donors (Lipinski definition) is 1. The highest BCUT2D eigenvalue weighted by atomic mass is 16.2. The minimum atomic E-state index is -0.113. The predicted octanol–water partition coefficient (Wildman–Crippen LogP) is 2.38. The Morgan fingerprint density at radius 3 is 2.70 bits per heavy atom. The number of aryl methyl sites for hydroxylation is 1. The van der Waals surface area contributed by atoms with Gasteiger partial charge >= 0.3 is 0 Å². The van der Waals surface area contributed by atoms with Gasteiger partial charge in [-0.1, -0.05) is 17.3 Å². The quantitative estimate of drug-likeness (QED) is 0.682. The number of para-hydroxylation sites is 1. The van der Waals surface area contributed by atoms with Crippen LogP contribution in [0.3, 0.4) is 0 Å². The number of aromatic nitrogens is 3. The van der Waals surface area contributed by atoms with Crippen LogP contribution in [0.5, 0.6) is 0 Å². The van der Waals surface area contributed by atoms with Gasteiger partial charge in [0.25, 0.3) is 5.91 Å². The summed E-state index contributed by atoms with van der Waals surface area (Å²) in [4.78, 5) is 25.8. The second kappa shape index (κ2) is 7.57. The Morgan fingerprint density at radius 2 is 1.93 bits per heavy atom. The summed E-state index contributed by atoms with van der Waals surface area (Å²) in [6, 6.07) is 15.0. The molecule has 1 aromatic heterocycles. The van der Waals surface area contributed by atoms with Crippen molar-refractivity contribution < 1.29 is 9.59 Å². The summed E-state index contributed by atoms with van der Waals surface area (Å²) in [5.74, 6) is 0.0329. The molecule has 3 aromatic rings. The molecule has 2 heterocycles. The second-order valence-electron chi connectivity index (χ2n) is 6.61. The summed E-state index contributed by atoms with van der Waals surface area (Å²) in [5.41, 5.74) is 3.32. The van der Waals surface area contributed by atoms with Gasteiger partial charge in [-0.05, 0) is 49.2 Å². The van der Waals surface area contributed by atoms with Gasteiger partial charge in [0.15, 0.2) is 0 Å². The molecular weight excluding hydrogens is 342 g/mol. The first kappa shape index (κ1) is 17.2. The highest BCUT2D eigenvalue weighted by Crippen LogP contribution is 2.21. The molecule has 1 aliphatic rings. The zero-order chi connectivity index (χ0) is 18.6. The Morgan fingerprint density at radius 1 is 1.11 bits per heavy atom. The SMILES string of the molecule is O=C(NCCCn1nnc2ccccc21)c1ccc(N2CCCC2=O)cc1. The fourth-order valence-corrected chi connectivity index (χ4v) is 3.33. The van der Waals surface area contributed by atoms with Crippen molar-refractivity contribution in [3.8, 4) is 0 Å². The molecule has 0 radical (unpaired) electrons. The van der Waals surface area contributed by atoms with Crippen molar-refractivity contribution in [2.75, 3.05) is 18.0 Å². The van der Waals surface area contributed by atoms with E-state index in [9.17, 15) is 9.59 Å². The van der Waals surface area contributed by atoms with E-state index < -0.39 is 0 Å². The van der Waals surface area contributed by atoms with Gasteiger partial charge in [-0.2, -0.15) is 0 Å². The number of fused-ring (bicyclic) bond motifs is 1. The second-order valence-corrected chi connectivity index (χ2v) is 6.61. The predicted molar refractivity (Wildman–Crippen MR) is 103 cm³/mol. The smallest absolute Gasteiger partial charge is 0.251 e. The third kappa shape index (κ3) is 3.67. The lowest BCUT2D eigenvalue weighted by atomic mass is 10.2. The zero-order valence-corrected chi connectivity index (χ0v) is 15.0. The maximum absolute atomic E-state index is 12.3. The first-order valence-corrected chi connectivity index (χ1v) is 9.19.